The first-order chi connectivity index (χ1) is 14.5. The summed E-state index contributed by atoms with van der Waals surface area (Å²) in [6, 6.07) is 11.7. The number of benzene rings is 1. The summed E-state index contributed by atoms with van der Waals surface area (Å²) < 4.78 is 22.1. The fourth-order valence-electron chi connectivity index (χ4n) is 2.96. The van der Waals surface area contributed by atoms with Crippen LogP contribution in [-0.2, 0) is 7.05 Å². The lowest BCUT2D eigenvalue weighted by Gasteiger charge is -2.12. The summed E-state index contributed by atoms with van der Waals surface area (Å²) in [6.07, 6.45) is 6.27. The van der Waals surface area contributed by atoms with E-state index >= 15 is 0 Å². The Morgan fingerprint density at radius 3 is 2.63 bits per heavy atom. The smallest absolute Gasteiger partial charge is 0.234 e. The number of hydrogen-bond donors (Lipinski definition) is 1. The molecule has 30 heavy (non-hydrogen) atoms. The van der Waals surface area contributed by atoms with Crippen molar-refractivity contribution >= 4 is 11.6 Å². The molecule has 0 aliphatic heterocycles. The molecule has 0 bridgehead atoms. The average molecular weight is 403 g/mol. The second-order valence-corrected chi connectivity index (χ2v) is 6.91. The summed E-state index contributed by atoms with van der Waals surface area (Å²) in [7, 11) is 1.75. The molecule has 0 atom stereocenters. The first-order valence-electron chi connectivity index (χ1n) is 9.41. The SMILES string of the molecule is CC(C)Oc1cncc(Nc2c(-c3ncc(-c4cc[c]cc4)cc3F)cnn2C)n1. The number of aryl methyl sites for hydroxylation is 1. The quantitative estimate of drug-likeness (QED) is 0.514. The number of ether oxygens (including phenoxy) is 1. The maximum Gasteiger partial charge on any atom is 0.234 e. The number of pyridine rings is 1. The van der Waals surface area contributed by atoms with Crippen molar-refractivity contribution in [1.82, 2.24) is 24.7 Å². The molecule has 0 aliphatic rings. The third kappa shape index (κ3) is 4.12. The summed E-state index contributed by atoms with van der Waals surface area (Å²) >= 11 is 0. The third-order valence-corrected chi connectivity index (χ3v) is 4.30. The Labute approximate surface area is 173 Å². The van der Waals surface area contributed by atoms with Gasteiger partial charge in [0.05, 0.1) is 30.3 Å². The Kier molecular flexibility index (Phi) is 5.38. The average Bonchev–Trinajstić information content (AvgIpc) is 3.08. The fraction of sp³-hybridized carbons (Fsp3) is 0.182. The number of rotatable bonds is 6. The minimum Gasteiger partial charge on any atom is -0.474 e. The highest BCUT2D eigenvalue weighted by atomic mass is 19.1. The van der Waals surface area contributed by atoms with Crippen LogP contribution in [0.15, 0.2) is 55.1 Å². The van der Waals surface area contributed by atoms with Gasteiger partial charge < -0.3 is 10.1 Å². The molecule has 1 radical (unpaired) electrons. The van der Waals surface area contributed by atoms with Crippen molar-refractivity contribution in [2.45, 2.75) is 20.0 Å². The van der Waals surface area contributed by atoms with E-state index in [4.69, 9.17) is 4.74 Å². The Morgan fingerprint density at radius 1 is 1.10 bits per heavy atom. The minimum atomic E-state index is -0.445. The van der Waals surface area contributed by atoms with Gasteiger partial charge in [-0.2, -0.15) is 10.1 Å². The van der Waals surface area contributed by atoms with E-state index in [-0.39, 0.29) is 11.8 Å². The van der Waals surface area contributed by atoms with Gasteiger partial charge in [0, 0.05) is 18.8 Å². The van der Waals surface area contributed by atoms with Crippen molar-refractivity contribution in [2.24, 2.45) is 7.05 Å². The summed E-state index contributed by atoms with van der Waals surface area (Å²) in [5.41, 5.74) is 2.26. The van der Waals surface area contributed by atoms with Gasteiger partial charge in [0.15, 0.2) is 5.82 Å². The zero-order valence-electron chi connectivity index (χ0n) is 16.8. The van der Waals surface area contributed by atoms with Gasteiger partial charge in [-0.05, 0) is 31.5 Å². The summed E-state index contributed by atoms with van der Waals surface area (Å²) in [6.45, 7) is 3.82. The first kappa shape index (κ1) is 19.5. The largest absolute Gasteiger partial charge is 0.474 e. The number of aromatic nitrogens is 5. The molecule has 151 valence electrons. The fourth-order valence-corrected chi connectivity index (χ4v) is 2.96. The van der Waals surface area contributed by atoms with Crippen LogP contribution in [0.25, 0.3) is 22.4 Å². The molecular formula is C22H20FN6O. The number of hydrogen-bond acceptors (Lipinski definition) is 6. The van der Waals surface area contributed by atoms with E-state index < -0.39 is 5.82 Å². The topological polar surface area (TPSA) is 77.8 Å². The van der Waals surface area contributed by atoms with Crippen LogP contribution in [-0.4, -0.2) is 30.8 Å². The predicted molar refractivity (Wildman–Crippen MR) is 112 cm³/mol. The van der Waals surface area contributed by atoms with Crippen LogP contribution in [0.3, 0.4) is 0 Å². The van der Waals surface area contributed by atoms with E-state index in [9.17, 15) is 4.39 Å². The van der Waals surface area contributed by atoms with Crippen LogP contribution < -0.4 is 10.1 Å². The zero-order valence-corrected chi connectivity index (χ0v) is 16.8. The van der Waals surface area contributed by atoms with Crippen molar-refractivity contribution in [3.05, 3.63) is 67.0 Å². The Morgan fingerprint density at radius 2 is 1.90 bits per heavy atom. The highest BCUT2D eigenvalue weighted by Gasteiger charge is 2.18. The maximum absolute atomic E-state index is 15.0. The number of nitrogens with one attached hydrogen (secondary N) is 1. The van der Waals surface area contributed by atoms with Gasteiger partial charge in [-0.1, -0.05) is 24.3 Å². The van der Waals surface area contributed by atoms with E-state index in [2.05, 4.69) is 31.4 Å². The van der Waals surface area contributed by atoms with Crippen molar-refractivity contribution in [3.63, 3.8) is 0 Å². The molecule has 7 nitrogen and oxygen atoms in total. The molecular weight excluding hydrogens is 383 g/mol. The number of halogens is 1. The van der Waals surface area contributed by atoms with E-state index in [0.29, 0.717) is 28.6 Å². The van der Waals surface area contributed by atoms with Crippen LogP contribution in [0.1, 0.15) is 13.8 Å². The van der Waals surface area contributed by atoms with Crippen LogP contribution in [0.2, 0.25) is 0 Å². The lowest BCUT2D eigenvalue weighted by Crippen LogP contribution is -2.09. The van der Waals surface area contributed by atoms with Crippen LogP contribution in [0.5, 0.6) is 5.88 Å². The maximum atomic E-state index is 15.0. The molecule has 4 aromatic rings. The minimum absolute atomic E-state index is 0.0267. The highest BCUT2D eigenvalue weighted by Crippen LogP contribution is 2.31. The first-order valence-corrected chi connectivity index (χ1v) is 9.41. The summed E-state index contributed by atoms with van der Waals surface area (Å²) in [4.78, 5) is 12.9. The number of nitrogens with zero attached hydrogens (tertiary/aromatic N) is 5. The van der Waals surface area contributed by atoms with E-state index in [1.54, 1.807) is 42.5 Å². The van der Waals surface area contributed by atoms with Crippen molar-refractivity contribution in [3.8, 4) is 28.3 Å². The van der Waals surface area contributed by atoms with Gasteiger partial charge in [-0.25, -0.2) is 4.39 Å². The molecule has 0 saturated carbocycles. The van der Waals surface area contributed by atoms with E-state index in [1.165, 1.54) is 12.3 Å². The van der Waals surface area contributed by atoms with Gasteiger partial charge in [0.25, 0.3) is 0 Å². The molecule has 0 amide bonds. The molecule has 1 aromatic carbocycles. The van der Waals surface area contributed by atoms with Crippen molar-refractivity contribution in [2.75, 3.05) is 5.32 Å². The summed E-state index contributed by atoms with van der Waals surface area (Å²) in [5, 5.41) is 7.39. The molecule has 0 unspecified atom stereocenters. The van der Waals surface area contributed by atoms with Crippen LogP contribution >= 0.6 is 0 Å². The molecule has 0 spiro atoms. The summed E-state index contributed by atoms with van der Waals surface area (Å²) in [5.74, 6) is 0.946. The predicted octanol–water partition coefficient (Wildman–Crippen LogP) is 4.41. The van der Waals surface area contributed by atoms with Gasteiger partial charge in [-0.3, -0.25) is 14.6 Å². The van der Waals surface area contributed by atoms with Crippen molar-refractivity contribution < 1.29 is 9.13 Å². The van der Waals surface area contributed by atoms with Crippen LogP contribution in [0.4, 0.5) is 16.0 Å². The van der Waals surface area contributed by atoms with Gasteiger partial charge in [0.2, 0.25) is 5.88 Å². The standard InChI is InChI=1S/C22H20FN6O/c1-14(2)30-20-13-24-12-19(27-20)28-22-17(11-26-29(22)3)21-18(23)9-16(10-25-21)15-7-5-4-6-8-15/h5-14H,1-3H3,(H,27,28). The van der Waals surface area contributed by atoms with E-state index in [0.717, 1.165) is 5.56 Å². The molecule has 8 heteroatoms. The van der Waals surface area contributed by atoms with Gasteiger partial charge >= 0.3 is 0 Å². The second-order valence-electron chi connectivity index (χ2n) is 6.91. The number of anilines is 2. The zero-order chi connectivity index (χ0) is 21.1. The normalized spacial score (nSPS) is 11.0. The lowest BCUT2D eigenvalue weighted by molar-refractivity contribution is 0.232. The lowest BCUT2D eigenvalue weighted by atomic mass is 10.1. The monoisotopic (exact) mass is 403 g/mol. The highest BCUT2D eigenvalue weighted by molar-refractivity contribution is 5.77. The Bertz CT molecular complexity index is 1160. The molecule has 0 aliphatic carbocycles. The van der Waals surface area contributed by atoms with Crippen LogP contribution in [0, 0.1) is 11.9 Å². The molecule has 3 heterocycles. The van der Waals surface area contributed by atoms with Crippen molar-refractivity contribution in [1.29, 1.82) is 0 Å². The van der Waals surface area contributed by atoms with Gasteiger partial charge in [0.1, 0.15) is 17.3 Å². The van der Waals surface area contributed by atoms with Gasteiger partial charge in [-0.15, -0.1) is 0 Å². The Balaban J connectivity index is 1.66. The Hall–Kier alpha value is -3.81. The molecule has 1 N–H and O–H groups in total. The molecule has 0 saturated heterocycles. The van der Waals surface area contributed by atoms with E-state index in [1.807, 2.05) is 26.0 Å². The second kappa shape index (κ2) is 8.28. The molecule has 3 aromatic heterocycles. The molecule has 0 fully saturated rings. The third-order valence-electron chi connectivity index (χ3n) is 4.30. The molecule has 4 rings (SSSR count).